The van der Waals surface area contributed by atoms with Crippen LogP contribution in [0, 0.1) is 0 Å². The number of fused-ring (bicyclic) bond motifs is 1. The van der Waals surface area contributed by atoms with Crippen molar-refractivity contribution in [3.05, 3.63) is 24.0 Å². The number of anilines is 1. The molecule has 0 radical (unpaired) electrons. The van der Waals surface area contributed by atoms with Gasteiger partial charge < -0.3 is 14.6 Å². The number of amides is 1. The lowest BCUT2D eigenvalue weighted by atomic mass is 10.2. The summed E-state index contributed by atoms with van der Waals surface area (Å²) in [7, 11) is 0. The number of hydrogen-bond acceptors (Lipinski definition) is 4. The predicted octanol–water partition coefficient (Wildman–Crippen LogP) is 2.24. The third-order valence-electron chi connectivity index (χ3n) is 4.06. The van der Waals surface area contributed by atoms with Gasteiger partial charge in [0.25, 0.3) is 0 Å². The van der Waals surface area contributed by atoms with Crippen molar-refractivity contribution in [1.29, 1.82) is 0 Å². The first-order valence-corrected chi connectivity index (χ1v) is 8.24. The monoisotopic (exact) mass is 316 g/mol. The standard InChI is InChI=1S/C17H24N4O2/c1-3-6-21-16-5-4-14(18-13(2)22)11-15(16)19-17(21)12-20-7-9-23-10-8-20/h4-5,11H,3,6-10,12H2,1-2H3,(H,18,22). The Hall–Kier alpha value is -1.92. The number of hydrogen-bond donors (Lipinski definition) is 1. The Balaban J connectivity index is 1.91. The zero-order valence-electron chi connectivity index (χ0n) is 13.8. The fourth-order valence-electron chi connectivity index (χ4n) is 3.01. The highest BCUT2D eigenvalue weighted by Gasteiger charge is 2.16. The first kappa shape index (κ1) is 16.0. The number of carbonyl (C=O) groups is 1. The van der Waals surface area contributed by atoms with Gasteiger partial charge in [0.1, 0.15) is 5.82 Å². The van der Waals surface area contributed by atoms with Crippen molar-refractivity contribution in [1.82, 2.24) is 14.5 Å². The van der Waals surface area contributed by atoms with Crippen LogP contribution in [-0.2, 0) is 22.6 Å². The van der Waals surface area contributed by atoms with Crippen LogP contribution in [0.3, 0.4) is 0 Å². The largest absolute Gasteiger partial charge is 0.379 e. The first-order valence-electron chi connectivity index (χ1n) is 8.24. The number of carbonyl (C=O) groups excluding carboxylic acids is 1. The van der Waals surface area contributed by atoms with E-state index in [1.54, 1.807) is 0 Å². The second-order valence-electron chi connectivity index (χ2n) is 5.95. The van der Waals surface area contributed by atoms with Crippen LogP contribution in [0.2, 0.25) is 0 Å². The number of nitrogens with zero attached hydrogens (tertiary/aromatic N) is 3. The van der Waals surface area contributed by atoms with E-state index in [0.717, 1.165) is 68.4 Å². The van der Waals surface area contributed by atoms with Gasteiger partial charge in [-0.3, -0.25) is 9.69 Å². The Morgan fingerprint density at radius 3 is 2.83 bits per heavy atom. The van der Waals surface area contributed by atoms with Gasteiger partial charge in [0.2, 0.25) is 5.91 Å². The van der Waals surface area contributed by atoms with Crippen molar-refractivity contribution in [2.45, 2.75) is 33.4 Å². The minimum absolute atomic E-state index is 0.0640. The number of ether oxygens (including phenoxy) is 1. The summed E-state index contributed by atoms with van der Waals surface area (Å²) in [5.41, 5.74) is 2.86. The third-order valence-corrected chi connectivity index (χ3v) is 4.06. The highest BCUT2D eigenvalue weighted by molar-refractivity contribution is 5.91. The zero-order chi connectivity index (χ0) is 16.2. The van der Waals surface area contributed by atoms with Crippen LogP contribution in [0.15, 0.2) is 18.2 Å². The lowest BCUT2D eigenvalue weighted by Gasteiger charge is -2.26. The van der Waals surface area contributed by atoms with Gasteiger partial charge >= 0.3 is 0 Å². The Bertz CT molecular complexity index is 689. The van der Waals surface area contributed by atoms with Crippen molar-refractivity contribution in [3.8, 4) is 0 Å². The van der Waals surface area contributed by atoms with Crippen LogP contribution in [-0.4, -0.2) is 46.7 Å². The number of aromatic nitrogens is 2. The molecule has 0 saturated carbocycles. The van der Waals surface area contributed by atoms with Crippen molar-refractivity contribution in [2.75, 3.05) is 31.6 Å². The fraction of sp³-hybridized carbons (Fsp3) is 0.529. The van der Waals surface area contributed by atoms with E-state index in [2.05, 4.69) is 21.7 Å². The molecule has 0 aliphatic carbocycles. The average molecular weight is 316 g/mol. The Labute approximate surface area is 136 Å². The summed E-state index contributed by atoms with van der Waals surface area (Å²) < 4.78 is 7.71. The Kier molecular flexibility index (Phi) is 4.93. The molecule has 1 aliphatic rings. The van der Waals surface area contributed by atoms with Crippen molar-refractivity contribution in [3.63, 3.8) is 0 Å². The molecule has 23 heavy (non-hydrogen) atoms. The van der Waals surface area contributed by atoms with E-state index < -0.39 is 0 Å². The molecule has 124 valence electrons. The maximum atomic E-state index is 11.2. The molecule has 3 rings (SSSR count). The topological polar surface area (TPSA) is 59.4 Å². The van der Waals surface area contributed by atoms with E-state index in [1.807, 2.05) is 18.2 Å². The van der Waals surface area contributed by atoms with Gasteiger partial charge in [0.15, 0.2) is 0 Å². The molecule has 0 bridgehead atoms. The van der Waals surface area contributed by atoms with Gasteiger partial charge in [0.05, 0.1) is 30.8 Å². The third kappa shape index (κ3) is 3.71. The molecular weight excluding hydrogens is 292 g/mol. The van der Waals surface area contributed by atoms with E-state index in [-0.39, 0.29) is 5.91 Å². The maximum Gasteiger partial charge on any atom is 0.221 e. The minimum atomic E-state index is -0.0640. The Morgan fingerprint density at radius 1 is 1.35 bits per heavy atom. The average Bonchev–Trinajstić information content (AvgIpc) is 2.85. The Morgan fingerprint density at radius 2 is 2.13 bits per heavy atom. The lowest BCUT2D eigenvalue weighted by molar-refractivity contribution is -0.114. The number of imidazole rings is 1. The van der Waals surface area contributed by atoms with Crippen molar-refractivity contribution in [2.24, 2.45) is 0 Å². The van der Waals surface area contributed by atoms with E-state index in [1.165, 1.54) is 6.92 Å². The predicted molar refractivity (Wildman–Crippen MR) is 90.4 cm³/mol. The second-order valence-corrected chi connectivity index (χ2v) is 5.95. The van der Waals surface area contributed by atoms with E-state index in [9.17, 15) is 4.79 Å². The first-order chi connectivity index (χ1) is 11.2. The van der Waals surface area contributed by atoms with Crippen LogP contribution in [0.1, 0.15) is 26.1 Å². The molecule has 2 heterocycles. The molecule has 0 atom stereocenters. The molecule has 1 saturated heterocycles. The van der Waals surface area contributed by atoms with Crippen LogP contribution in [0.25, 0.3) is 11.0 Å². The number of nitrogens with one attached hydrogen (secondary N) is 1. The van der Waals surface area contributed by atoms with Crippen LogP contribution >= 0.6 is 0 Å². The molecular formula is C17H24N4O2. The summed E-state index contributed by atoms with van der Waals surface area (Å²) in [5, 5.41) is 2.82. The molecule has 0 spiro atoms. The molecule has 1 amide bonds. The summed E-state index contributed by atoms with van der Waals surface area (Å²) >= 11 is 0. The van der Waals surface area contributed by atoms with Gasteiger partial charge in [-0.05, 0) is 24.6 Å². The summed E-state index contributed by atoms with van der Waals surface area (Å²) in [4.78, 5) is 18.4. The van der Waals surface area contributed by atoms with E-state index >= 15 is 0 Å². The molecule has 1 aliphatic heterocycles. The maximum absolute atomic E-state index is 11.2. The molecule has 1 N–H and O–H groups in total. The van der Waals surface area contributed by atoms with Crippen LogP contribution < -0.4 is 5.32 Å². The van der Waals surface area contributed by atoms with Gasteiger partial charge in [-0.1, -0.05) is 6.92 Å². The molecule has 1 fully saturated rings. The van der Waals surface area contributed by atoms with Gasteiger partial charge in [-0.2, -0.15) is 0 Å². The molecule has 1 aromatic heterocycles. The normalized spacial score (nSPS) is 15.9. The summed E-state index contributed by atoms with van der Waals surface area (Å²) in [6, 6.07) is 5.94. The van der Waals surface area contributed by atoms with E-state index in [0.29, 0.717) is 0 Å². The molecule has 6 nitrogen and oxygen atoms in total. The van der Waals surface area contributed by atoms with Gasteiger partial charge in [0, 0.05) is 32.2 Å². The summed E-state index contributed by atoms with van der Waals surface area (Å²) in [6.07, 6.45) is 1.06. The zero-order valence-corrected chi connectivity index (χ0v) is 13.8. The lowest BCUT2D eigenvalue weighted by Crippen LogP contribution is -2.36. The van der Waals surface area contributed by atoms with Crippen LogP contribution in [0.5, 0.6) is 0 Å². The highest BCUT2D eigenvalue weighted by Crippen LogP contribution is 2.22. The number of rotatable bonds is 5. The fourth-order valence-corrected chi connectivity index (χ4v) is 3.01. The smallest absolute Gasteiger partial charge is 0.221 e. The SMILES string of the molecule is CCCn1c(CN2CCOCC2)nc2cc(NC(C)=O)ccc21. The summed E-state index contributed by atoms with van der Waals surface area (Å²) in [6.45, 7) is 8.98. The van der Waals surface area contributed by atoms with Gasteiger partial charge in [-0.15, -0.1) is 0 Å². The minimum Gasteiger partial charge on any atom is -0.379 e. The van der Waals surface area contributed by atoms with Crippen molar-refractivity contribution < 1.29 is 9.53 Å². The van der Waals surface area contributed by atoms with E-state index in [4.69, 9.17) is 9.72 Å². The second kappa shape index (κ2) is 7.10. The number of aryl methyl sites for hydroxylation is 1. The molecule has 1 aromatic carbocycles. The molecule has 2 aromatic rings. The van der Waals surface area contributed by atoms with Crippen molar-refractivity contribution >= 4 is 22.6 Å². The van der Waals surface area contributed by atoms with Gasteiger partial charge in [-0.25, -0.2) is 4.98 Å². The summed E-state index contributed by atoms with van der Waals surface area (Å²) in [5.74, 6) is 1.02. The highest BCUT2D eigenvalue weighted by atomic mass is 16.5. The quantitative estimate of drug-likeness (QED) is 0.919. The molecule has 6 heteroatoms. The molecule has 0 unspecified atom stereocenters. The number of morpholine rings is 1. The number of benzene rings is 1. The van der Waals surface area contributed by atoms with Crippen LogP contribution in [0.4, 0.5) is 5.69 Å².